The predicted octanol–water partition coefficient (Wildman–Crippen LogP) is 6.43. The van der Waals surface area contributed by atoms with E-state index < -0.39 is 9.83 Å². The van der Waals surface area contributed by atoms with Crippen LogP contribution in [0.15, 0.2) is 48.5 Å². The van der Waals surface area contributed by atoms with Crippen molar-refractivity contribution in [3.8, 4) is 5.75 Å². The second-order valence-corrected chi connectivity index (χ2v) is 8.92. The van der Waals surface area contributed by atoms with Gasteiger partial charge in [0.05, 0.1) is 17.9 Å². The number of amides is 1. The molecule has 0 aliphatic heterocycles. The highest BCUT2D eigenvalue weighted by molar-refractivity contribution is 14.1. The molecular formula is C17H15Cl2FINO2S. The van der Waals surface area contributed by atoms with Crippen molar-refractivity contribution in [2.45, 2.75) is 17.3 Å². The highest BCUT2D eigenvalue weighted by atomic mass is 127. The van der Waals surface area contributed by atoms with Gasteiger partial charge in [-0.1, -0.05) is 48.3 Å². The number of rotatable bonds is 7. The molecule has 0 fully saturated rings. The second kappa shape index (κ2) is 9.30. The maximum atomic E-state index is 13.9. The molecular weight excluding hydrogens is 499 g/mol. The summed E-state index contributed by atoms with van der Waals surface area (Å²) in [6.07, 6.45) is 0.848. The number of benzene rings is 2. The minimum atomic E-state index is -2.66. The van der Waals surface area contributed by atoms with Crippen molar-refractivity contribution >= 4 is 69.3 Å². The number of carbonyl (C=O) groups is 1. The molecule has 1 amide bonds. The molecule has 3 nitrogen and oxygen atoms in total. The van der Waals surface area contributed by atoms with Gasteiger partial charge in [0, 0.05) is 21.6 Å². The number of carbonyl (C=O) groups excluding carboxylic acids is 1. The number of ether oxygens (including phenoxy) is 1. The number of hydrogen-bond acceptors (Lipinski definition) is 3. The van der Waals surface area contributed by atoms with Crippen molar-refractivity contribution in [3.63, 3.8) is 0 Å². The maximum Gasteiger partial charge on any atom is 0.324 e. The lowest BCUT2D eigenvalue weighted by Gasteiger charge is -2.24. The summed E-state index contributed by atoms with van der Waals surface area (Å²) in [7, 11) is 0. The Kier molecular flexibility index (Phi) is 7.67. The quantitative estimate of drug-likeness (QED) is 0.242. The van der Waals surface area contributed by atoms with Crippen LogP contribution in [0.2, 0.25) is 0 Å². The average Bonchev–Trinajstić information content (AvgIpc) is 2.57. The molecule has 2 aromatic carbocycles. The molecule has 0 heterocycles. The Hall–Kier alpha value is -0.700. The van der Waals surface area contributed by atoms with Gasteiger partial charge in [-0.25, -0.2) is 4.31 Å². The SMILES string of the molecule is CCCOc1cccc(N(SC(F)(Cl)Cl)C(=O)c2ccccc2I)c1. The average molecular weight is 514 g/mol. The van der Waals surface area contributed by atoms with Crippen molar-refractivity contribution < 1.29 is 13.9 Å². The van der Waals surface area contributed by atoms with Crippen LogP contribution in [-0.4, -0.2) is 16.4 Å². The summed E-state index contributed by atoms with van der Waals surface area (Å²) >= 11 is 13.5. The van der Waals surface area contributed by atoms with Crippen molar-refractivity contribution in [1.29, 1.82) is 0 Å². The number of nitrogens with zero attached hydrogens (tertiary/aromatic N) is 1. The Morgan fingerprint density at radius 3 is 2.64 bits per heavy atom. The lowest BCUT2D eigenvalue weighted by molar-refractivity contribution is 0.101. The van der Waals surface area contributed by atoms with E-state index in [1.807, 2.05) is 35.6 Å². The lowest BCUT2D eigenvalue weighted by Crippen LogP contribution is -2.28. The van der Waals surface area contributed by atoms with E-state index in [2.05, 4.69) is 0 Å². The largest absolute Gasteiger partial charge is 0.494 e. The van der Waals surface area contributed by atoms with Crippen molar-refractivity contribution in [3.05, 3.63) is 57.7 Å². The van der Waals surface area contributed by atoms with E-state index in [1.54, 1.807) is 42.5 Å². The smallest absolute Gasteiger partial charge is 0.324 e. The zero-order valence-electron chi connectivity index (χ0n) is 13.2. The van der Waals surface area contributed by atoms with Gasteiger partial charge in [-0.3, -0.25) is 4.79 Å². The lowest BCUT2D eigenvalue weighted by atomic mass is 10.2. The van der Waals surface area contributed by atoms with E-state index in [1.165, 1.54) is 0 Å². The Morgan fingerprint density at radius 2 is 2.00 bits per heavy atom. The van der Waals surface area contributed by atoms with Gasteiger partial charge in [-0.2, -0.15) is 4.39 Å². The fourth-order valence-corrected chi connectivity index (χ4v) is 3.62. The molecule has 0 N–H and O–H groups in total. The van der Waals surface area contributed by atoms with Gasteiger partial charge in [-0.15, -0.1) is 0 Å². The van der Waals surface area contributed by atoms with E-state index in [-0.39, 0.29) is 0 Å². The monoisotopic (exact) mass is 513 g/mol. The topological polar surface area (TPSA) is 29.5 Å². The fraction of sp³-hybridized carbons (Fsp3) is 0.235. The second-order valence-electron chi connectivity index (χ2n) is 4.96. The molecule has 0 unspecified atom stereocenters. The molecule has 0 aliphatic carbocycles. The number of hydrogen-bond donors (Lipinski definition) is 0. The summed E-state index contributed by atoms with van der Waals surface area (Å²) < 4.78 is 18.7. The molecule has 25 heavy (non-hydrogen) atoms. The third kappa shape index (κ3) is 6.20. The van der Waals surface area contributed by atoms with Gasteiger partial charge < -0.3 is 4.74 Å². The van der Waals surface area contributed by atoms with Crippen LogP contribution >= 0.6 is 57.7 Å². The minimum absolute atomic E-state index is 0.388. The molecule has 0 spiro atoms. The third-order valence-electron chi connectivity index (χ3n) is 3.01. The van der Waals surface area contributed by atoms with E-state index in [9.17, 15) is 9.18 Å². The number of halogens is 4. The van der Waals surface area contributed by atoms with Crippen LogP contribution < -0.4 is 9.04 Å². The molecule has 134 valence electrons. The number of anilines is 1. The minimum Gasteiger partial charge on any atom is -0.494 e. The van der Waals surface area contributed by atoms with Gasteiger partial charge in [0.2, 0.25) is 0 Å². The van der Waals surface area contributed by atoms with Crippen LogP contribution in [0.3, 0.4) is 0 Å². The van der Waals surface area contributed by atoms with Gasteiger partial charge in [-0.05, 0) is 53.3 Å². The van der Waals surface area contributed by atoms with Crippen LogP contribution in [0, 0.1) is 3.57 Å². The molecule has 8 heteroatoms. The molecule has 0 saturated heterocycles. The molecule has 0 aliphatic rings. The normalized spacial score (nSPS) is 11.2. The summed E-state index contributed by atoms with van der Waals surface area (Å²) in [4.78, 5) is 12.9. The first-order valence-electron chi connectivity index (χ1n) is 7.39. The van der Waals surface area contributed by atoms with Crippen molar-refractivity contribution in [2.75, 3.05) is 10.9 Å². The van der Waals surface area contributed by atoms with Crippen molar-refractivity contribution in [1.82, 2.24) is 0 Å². The Morgan fingerprint density at radius 1 is 1.28 bits per heavy atom. The zero-order chi connectivity index (χ0) is 18.4. The van der Waals surface area contributed by atoms with E-state index in [0.29, 0.717) is 35.6 Å². The van der Waals surface area contributed by atoms with Crippen LogP contribution in [-0.2, 0) is 0 Å². The molecule has 0 atom stereocenters. The first-order valence-corrected chi connectivity index (χ1v) is 10.0. The molecule has 0 aromatic heterocycles. The summed E-state index contributed by atoms with van der Waals surface area (Å²) in [5.41, 5.74) is 0.847. The predicted molar refractivity (Wildman–Crippen MR) is 111 cm³/mol. The summed E-state index contributed by atoms with van der Waals surface area (Å²) in [6.45, 7) is 2.53. The Labute approximate surface area is 174 Å². The summed E-state index contributed by atoms with van der Waals surface area (Å²) in [6, 6.07) is 13.8. The fourth-order valence-electron chi connectivity index (χ4n) is 1.98. The van der Waals surface area contributed by atoms with E-state index in [4.69, 9.17) is 27.9 Å². The highest BCUT2D eigenvalue weighted by Crippen LogP contribution is 2.42. The van der Waals surface area contributed by atoms with Crippen LogP contribution in [0.5, 0.6) is 5.75 Å². The highest BCUT2D eigenvalue weighted by Gasteiger charge is 2.32. The molecule has 2 rings (SSSR count). The molecule has 0 saturated carbocycles. The summed E-state index contributed by atoms with van der Waals surface area (Å²) in [5, 5.41) is 0. The third-order valence-corrected chi connectivity index (χ3v) is 5.13. The number of alkyl halides is 3. The van der Waals surface area contributed by atoms with Crippen LogP contribution in [0.1, 0.15) is 23.7 Å². The Bertz CT molecular complexity index is 743. The molecule has 2 aromatic rings. The zero-order valence-corrected chi connectivity index (χ0v) is 17.7. The summed E-state index contributed by atoms with van der Waals surface area (Å²) in [5.74, 6) is 0.153. The standard InChI is InChI=1S/C17H15Cl2FINO2S/c1-2-10-24-13-7-5-6-12(11-13)22(25-17(18,19)20)16(23)14-8-3-4-9-15(14)21/h3-9,11H,2,10H2,1H3. The van der Waals surface area contributed by atoms with Gasteiger partial charge in [0.1, 0.15) is 5.75 Å². The van der Waals surface area contributed by atoms with E-state index >= 15 is 0 Å². The van der Waals surface area contributed by atoms with Crippen molar-refractivity contribution in [2.24, 2.45) is 0 Å². The first-order chi connectivity index (χ1) is 11.8. The van der Waals surface area contributed by atoms with Gasteiger partial charge in [0.25, 0.3) is 5.91 Å². The molecule has 0 bridgehead atoms. The molecule has 0 radical (unpaired) electrons. The first kappa shape index (κ1) is 20.6. The van der Waals surface area contributed by atoms with Crippen LogP contribution in [0.4, 0.5) is 10.1 Å². The van der Waals surface area contributed by atoms with E-state index in [0.717, 1.165) is 14.3 Å². The van der Waals surface area contributed by atoms with Gasteiger partial charge in [0.15, 0.2) is 0 Å². The maximum absolute atomic E-state index is 13.9. The Balaban J connectivity index is 2.39. The van der Waals surface area contributed by atoms with Gasteiger partial charge >= 0.3 is 3.92 Å². The van der Waals surface area contributed by atoms with Crippen LogP contribution in [0.25, 0.3) is 0 Å².